The summed E-state index contributed by atoms with van der Waals surface area (Å²) in [5, 5.41) is 7.92. The van der Waals surface area contributed by atoms with Gasteiger partial charge in [0.25, 0.3) is 0 Å². The summed E-state index contributed by atoms with van der Waals surface area (Å²) in [5.74, 6) is -0.446. The van der Waals surface area contributed by atoms with Crippen LogP contribution in [0.25, 0.3) is 22.5 Å². The molecule has 0 N–H and O–H groups in total. The van der Waals surface area contributed by atoms with Crippen molar-refractivity contribution in [3.8, 4) is 22.5 Å². The molecule has 6 aromatic rings. The van der Waals surface area contributed by atoms with Gasteiger partial charge in [-0.3, -0.25) is 24.0 Å². The minimum absolute atomic E-state index is 0.0274. The fourth-order valence-corrected chi connectivity index (χ4v) is 9.41. The molecule has 4 heterocycles. The Morgan fingerprint density at radius 2 is 0.828 bits per heavy atom. The maximum Gasteiger partial charge on any atom is 0.436 e. The zero-order valence-electron chi connectivity index (χ0n) is 33.9. The Morgan fingerprint density at radius 3 is 1.14 bits per heavy atom. The molecular weight excluding hydrogens is 924 g/mol. The van der Waals surface area contributed by atoms with Crippen molar-refractivity contribution in [3.05, 3.63) is 141 Å². The van der Waals surface area contributed by atoms with E-state index >= 15 is 4.79 Å². The van der Waals surface area contributed by atoms with Crippen LogP contribution in [0.1, 0.15) is 11.4 Å². The van der Waals surface area contributed by atoms with Crippen LogP contribution in [-0.2, 0) is 30.2 Å². The summed E-state index contributed by atoms with van der Waals surface area (Å²) in [7, 11) is 0. The molecule has 2 saturated heterocycles. The predicted molar refractivity (Wildman–Crippen MR) is 238 cm³/mol. The molecule has 0 radical (unpaired) electrons. The number of piperazine rings is 2. The van der Waals surface area contributed by atoms with Crippen LogP contribution in [0.2, 0.25) is 20.1 Å². The number of anilines is 2. The molecule has 2 aliphatic rings. The molecule has 0 saturated carbocycles. The quantitative estimate of drug-likeness (QED) is 0.113. The van der Waals surface area contributed by atoms with Gasteiger partial charge in [-0.2, -0.15) is 36.5 Å². The molecule has 2 fully saturated rings. The van der Waals surface area contributed by atoms with E-state index in [0.717, 1.165) is 20.7 Å². The zero-order chi connectivity index (χ0) is 45.3. The second-order valence-electron chi connectivity index (χ2n) is 15.5. The lowest BCUT2D eigenvalue weighted by molar-refractivity contribution is -0.142. The van der Waals surface area contributed by atoms with Crippen molar-refractivity contribution in [2.24, 2.45) is 0 Å². The van der Waals surface area contributed by atoms with Gasteiger partial charge in [0.05, 0.1) is 46.6 Å². The van der Waals surface area contributed by atoms with Crippen LogP contribution in [0.5, 0.6) is 0 Å². The van der Waals surface area contributed by atoms with Gasteiger partial charge in [-0.05, 0) is 48.5 Å². The number of alkyl halides is 6. The van der Waals surface area contributed by atoms with E-state index in [1.54, 1.807) is 84.9 Å². The van der Waals surface area contributed by atoms with Crippen LogP contribution in [0.15, 0.2) is 109 Å². The number of aromatic nitrogens is 4. The van der Waals surface area contributed by atoms with E-state index < -0.39 is 51.7 Å². The van der Waals surface area contributed by atoms with E-state index in [9.17, 15) is 26.3 Å². The van der Waals surface area contributed by atoms with Crippen LogP contribution in [0, 0.1) is 0 Å². The van der Waals surface area contributed by atoms with Crippen molar-refractivity contribution >= 4 is 63.6 Å². The summed E-state index contributed by atoms with van der Waals surface area (Å²) in [4.78, 5) is 23.8. The summed E-state index contributed by atoms with van der Waals surface area (Å²) >= 11 is 25.4. The van der Waals surface area contributed by atoms with Gasteiger partial charge in [-0.15, -0.1) is 0 Å². The Morgan fingerprint density at radius 1 is 0.500 bits per heavy atom. The van der Waals surface area contributed by atoms with Crippen molar-refractivity contribution in [2.75, 3.05) is 62.2 Å². The molecule has 2 aromatic heterocycles. The minimum Gasteiger partial charge on any atom is -0.369 e. The second-order valence-corrected chi connectivity index (χ2v) is 17.2. The Kier molecular flexibility index (Phi) is 13.6. The summed E-state index contributed by atoms with van der Waals surface area (Å²) in [6.07, 6.45) is -9.85. The normalized spacial score (nSPS) is 16.6. The highest BCUT2D eigenvalue weighted by atomic mass is 35.5. The van der Waals surface area contributed by atoms with Gasteiger partial charge in [0, 0.05) is 84.9 Å². The van der Waals surface area contributed by atoms with E-state index in [2.05, 4.69) is 20.0 Å². The molecule has 8 rings (SSSR count). The average molecular weight is 965 g/mol. The van der Waals surface area contributed by atoms with Crippen LogP contribution >= 0.6 is 46.4 Å². The molecule has 0 bridgehead atoms. The molecule has 336 valence electrons. The number of halogens is 10. The van der Waals surface area contributed by atoms with Crippen LogP contribution in [-0.4, -0.2) is 99.6 Å². The predicted octanol–water partition coefficient (Wildman–Crippen LogP) is 10.7. The van der Waals surface area contributed by atoms with Gasteiger partial charge < -0.3 is 9.80 Å². The molecule has 0 amide bonds. The van der Waals surface area contributed by atoms with Crippen LogP contribution in [0.3, 0.4) is 0 Å². The van der Waals surface area contributed by atoms with Crippen molar-refractivity contribution in [2.45, 2.75) is 37.5 Å². The lowest BCUT2D eigenvalue weighted by Crippen LogP contribution is -2.61. The largest absolute Gasteiger partial charge is 0.436 e. The lowest BCUT2D eigenvalue weighted by Gasteiger charge is -2.43. The molecule has 9 nitrogen and oxygen atoms in total. The number of benzene rings is 4. The second kappa shape index (κ2) is 19.0. The van der Waals surface area contributed by atoms with E-state index in [1.807, 2.05) is 34.1 Å². The smallest absolute Gasteiger partial charge is 0.369 e. The first-order valence-corrected chi connectivity index (χ1v) is 21.9. The summed E-state index contributed by atoms with van der Waals surface area (Å²) in [5.41, 5.74) is -0.175. The molecule has 2 unspecified atom stereocenters. The van der Waals surface area contributed by atoms with Crippen molar-refractivity contribution in [1.29, 1.82) is 0 Å². The van der Waals surface area contributed by atoms with Gasteiger partial charge in [0.1, 0.15) is 0 Å². The van der Waals surface area contributed by atoms with Crippen LogP contribution < -0.4 is 9.80 Å². The van der Waals surface area contributed by atoms with Gasteiger partial charge in [-0.1, -0.05) is 107 Å². The Labute approximate surface area is 385 Å². The number of ketones is 1. The number of carbonyl (C=O) groups excluding carboxylic acids is 1. The van der Waals surface area contributed by atoms with Gasteiger partial charge in [0.15, 0.2) is 17.2 Å². The summed E-state index contributed by atoms with van der Waals surface area (Å²) in [6.45, 7) is 2.26. The lowest BCUT2D eigenvalue weighted by atomic mass is 9.99. The third kappa shape index (κ3) is 9.89. The first-order valence-electron chi connectivity index (χ1n) is 20.4. The molecule has 0 aliphatic carbocycles. The van der Waals surface area contributed by atoms with E-state index in [1.165, 1.54) is 0 Å². The monoisotopic (exact) mass is 962 g/mol. The molecule has 2 aliphatic heterocycles. The third-order valence-electron chi connectivity index (χ3n) is 11.7. The number of Topliss-reactive ketones (excluding diaryl/α,β-unsaturated/α-hetero) is 1. The summed E-state index contributed by atoms with van der Waals surface area (Å²) in [6, 6.07) is 28.8. The highest BCUT2D eigenvalue weighted by Gasteiger charge is 2.44. The fraction of sp³-hybridized carbons (Fsp3) is 0.311. The highest BCUT2D eigenvalue weighted by molar-refractivity contribution is 6.34. The highest BCUT2D eigenvalue weighted by Crippen LogP contribution is 2.42. The maximum atomic E-state index is 15.8. The minimum atomic E-state index is -4.93. The van der Waals surface area contributed by atoms with Gasteiger partial charge >= 0.3 is 12.4 Å². The number of carbonyl (C=O) groups is 1. The third-order valence-corrected chi connectivity index (χ3v) is 12.9. The molecule has 64 heavy (non-hydrogen) atoms. The SMILES string of the molecule is O=C(C(Cn1nc(C(F)(F)F)c(Cl)c1-c1ccccc1)N1CCN(c2ccc(Cl)cc2)CC1)C(Cn1nc(C(F)(F)F)c(Cl)c1-c1ccccc1)N1CCN(c2ccc(Cl)cc2)CC1. The topological polar surface area (TPSA) is 65.7 Å². The van der Waals surface area contributed by atoms with E-state index in [-0.39, 0.29) is 24.5 Å². The number of rotatable bonds is 12. The molecule has 0 spiro atoms. The summed E-state index contributed by atoms with van der Waals surface area (Å²) < 4.78 is 89.6. The van der Waals surface area contributed by atoms with Crippen molar-refractivity contribution < 1.29 is 31.1 Å². The average Bonchev–Trinajstić information content (AvgIpc) is 3.81. The molecular formula is C45H40Cl4F6N8O. The fourth-order valence-electron chi connectivity index (χ4n) is 8.46. The van der Waals surface area contributed by atoms with E-state index in [0.29, 0.717) is 73.5 Å². The standard InChI is InChI=1S/C45H40Cl4F6N8O/c46-31-11-15-33(16-12-31)58-19-23-60(24-20-58)35(27-62-39(29-7-3-1-4-8-29)37(48)42(56-62)44(50,51)52)41(64)36(61-25-21-59(22-26-61)34-17-13-32(47)14-18-34)28-63-40(30-9-5-2-6-10-30)38(49)43(57-63)45(53,54)55/h1-18,35-36H,19-28H2. The first-order chi connectivity index (χ1) is 30.6. The van der Waals surface area contributed by atoms with Crippen LogP contribution in [0.4, 0.5) is 37.7 Å². The number of hydrogen-bond donors (Lipinski definition) is 0. The molecule has 2 atom stereocenters. The number of hydrogen-bond acceptors (Lipinski definition) is 7. The number of nitrogens with zero attached hydrogens (tertiary/aromatic N) is 8. The molecule has 19 heteroatoms. The Bertz CT molecular complexity index is 2360. The van der Waals surface area contributed by atoms with Gasteiger partial charge in [0.2, 0.25) is 0 Å². The maximum absolute atomic E-state index is 15.8. The Balaban J connectivity index is 1.22. The van der Waals surface area contributed by atoms with Crippen molar-refractivity contribution in [3.63, 3.8) is 0 Å². The van der Waals surface area contributed by atoms with Crippen molar-refractivity contribution in [1.82, 2.24) is 29.4 Å². The zero-order valence-corrected chi connectivity index (χ0v) is 36.9. The van der Waals surface area contributed by atoms with Gasteiger partial charge in [-0.25, -0.2) is 0 Å². The van der Waals surface area contributed by atoms with E-state index in [4.69, 9.17) is 46.4 Å². The molecule has 4 aromatic carbocycles. The first kappa shape index (κ1) is 45.8. The Hall–Kier alpha value is -4.77.